The van der Waals surface area contributed by atoms with Crippen molar-refractivity contribution in [3.63, 3.8) is 0 Å². The first-order valence-electron chi connectivity index (χ1n) is 7.61. The van der Waals surface area contributed by atoms with Gasteiger partial charge in [0, 0.05) is 12.0 Å². The average Bonchev–Trinajstić information content (AvgIpc) is 3.10. The molecule has 4 N–H and O–H groups in total. The summed E-state index contributed by atoms with van der Waals surface area (Å²) in [5.74, 6) is 6.45. The zero-order valence-electron chi connectivity index (χ0n) is 13.0. The van der Waals surface area contributed by atoms with Crippen LogP contribution in [-0.4, -0.2) is 16.1 Å². The molecule has 2 aromatic carbocycles. The number of carbonyl (C=O) groups excluding carboxylic acids is 1. The lowest BCUT2D eigenvalue weighted by Crippen LogP contribution is -2.30. The number of nitrogens with zero attached hydrogens (tertiary/aromatic N) is 1. The van der Waals surface area contributed by atoms with Gasteiger partial charge < -0.3 is 4.74 Å². The van der Waals surface area contributed by atoms with E-state index in [0.717, 1.165) is 28.3 Å². The van der Waals surface area contributed by atoms with Crippen molar-refractivity contribution in [3.05, 3.63) is 66.4 Å². The largest absolute Gasteiger partial charge is 0.457 e. The van der Waals surface area contributed by atoms with E-state index < -0.39 is 0 Å². The Balaban J connectivity index is 1.72. The highest BCUT2D eigenvalue weighted by molar-refractivity contribution is 5.76. The van der Waals surface area contributed by atoms with E-state index in [4.69, 9.17) is 10.6 Å². The number of H-pyrrole nitrogens is 1. The van der Waals surface area contributed by atoms with Gasteiger partial charge in [-0.3, -0.25) is 15.3 Å². The van der Waals surface area contributed by atoms with E-state index in [1.54, 1.807) is 6.20 Å². The molecule has 1 heterocycles. The van der Waals surface area contributed by atoms with Crippen LogP contribution in [-0.2, 0) is 11.2 Å². The second kappa shape index (κ2) is 7.43. The third-order valence-corrected chi connectivity index (χ3v) is 3.62. The number of hydrazine groups is 1. The molecule has 3 rings (SSSR count). The molecule has 1 amide bonds. The Labute approximate surface area is 139 Å². The quantitative estimate of drug-likeness (QED) is 0.369. The number of nitrogens with one attached hydrogen (secondary N) is 2. The molecule has 0 unspecified atom stereocenters. The number of carbonyl (C=O) groups is 1. The van der Waals surface area contributed by atoms with E-state index in [-0.39, 0.29) is 5.91 Å². The molecule has 0 aliphatic rings. The third kappa shape index (κ3) is 3.80. The Morgan fingerprint density at radius 2 is 1.79 bits per heavy atom. The van der Waals surface area contributed by atoms with Gasteiger partial charge in [-0.1, -0.05) is 18.2 Å². The van der Waals surface area contributed by atoms with Crippen molar-refractivity contribution in [3.8, 4) is 22.8 Å². The molecule has 0 aliphatic heterocycles. The van der Waals surface area contributed by atoms with Crippen LogP contribution >= 0.6 is 0 Å². The lowest BCUT2D eigenvalue weighted by Gasteiger charge is -2.07. The Hall–Kier alpha value is -3.12. The molecular weight excluding hydrogens is 304 g/mol. The predicted molar refractivity (Wildman–Crippen MR) is 91.2 cm³/mol. The average molecular weight is 322 g/mol. The van der Waals surface area contributed by atoms with E-state index in [0.29, 0.717) is 12.8 Å². The summed E-state index contributed by atoms with van der Waals surface area (Å²) in [6, 6.07) is 17.3. The van der Waals surface area contributed by atoms with Crippen molar-refractivity contribution < 1.29 is 9.53 Å². The lowest BCUT2D eigenvalue weighted by atomic mass is 10.0. The number of para-hydroxylation sites is 1. The van der Waals surface area contributed by atoms with E-state index >= 15 is 0 Å². The molecule has 0 radical (unpaired) electrons. The summed E-state index contributed by atoms with van der Waals surface area (Å²) < 4.78 is 5.78. The van der Waals surface area contributed by atoms with Crippen molar-refractivity contribution in [1.82, 2.24) is 15.6 Å². The number of hydrogen-bond donors (Lipinski definition) is 3. The van der Waals surface area contributed by atoms with Crippen molar-refractivity contribution >= 4 is 5.91 Å². The SMILES string of the molecule is NNC(=O)CCc1cn[nH]c1-c1ccc(Oc2ccccc2)cc1. The van der Waals surface area contributed by atoms with E-state index in [1.165, 1.54) is 0 Å². The van der Waals surface area contributed by atoms with Gasteiger partial charge in [0.25, 0.3) is 0 Å². The van der Waals surface area contributed by atoms with Gasteiger partial charge in [-0.25, -0.2) is 5.84 Å². The smallest absolute Gasteiger partial charge is 0.234 e. The molecule has 0 aliphatic carbocycles. The number of amides is 1. The number of rotatable bonds is 6. The number of nitrogens with two attached hydrogens (primary N) is 1. The highest BCUT2D eigenvalue weighted by atomic mass is 16.5. The number of aromatic amines is 1. The molecule has 0 spiro atoms. The minimum absolute atomic E-state index is 0.200. The summed E-state index contributed by atoms with van der Waals surface area (Å²) in [6.07, 6.45) is 2.61. The van der Waals surface area contributed by atoms with Crippen LogP contribution in [0.4, 0.5) is 0 Å². The van der Waals surface area contributed by atoms with Crippen molar-refractivity contribution in [2.75, 3.05) is 0 Å². The normalized spacial score (nSPS) is 10.4. The maximum absolute atomic E-state index is 11.3. The fraction of sp³-hybridized carbons (Fsp3) is 0.111. The van der Waals surface area contributed by atoms with Gasteiger partial charge in [-0.2, -0.15) is 5.10 Å². The van der Waals surface area contributed by atoms with Gasteiger partial charge in [-0.05, 0) is 48.4 Å². The number of hydrogen-bond acceptors (Lipinski definition) is 4. The Bertz CT molecular complexity index is 797. The first-order chi connectivity index (χ1) is 11.8. The molecular formula is C18H18N4O2. The number of aryl methyl sites for hydroxylation is 1. The molecule has 24 heavy (non-hydrogen) atoms. The van der Waals surface area contributed by atoms with Crippen LogP contribution in [0.25, 0.3) is 11.3 Å². The molecule has 0 saturated carbocycles. The molecule has 1 aromatic heterocycles. The van der Waals surface area contributed by atoms with Crippen LogP contribution in [0.5, 0.6) is 11.5 Å². The fourth-order valence-electron chi connectivity index (χ4n) is 2.39. The molecule has 0 saturated heterocycles. The summed E-state index contributed by atoms with van der Waals surface area (Å²) in [7, 11) is 0. The number of ether oxygens (including phenoxy) is 1. The first kappa shape index (κ1) is 15.8. The van der Waals surface area contributed by atoms with Gasteiger partial charge in [0.2, 0.25) is 5.91 Å². The van der Waals surface area contributed by atoms with Gasteiger partial charge in [-0.15, -0.1) is 0 Å². The predicted octanol–water partition coefficient (Wildman–Crippen LogP) is 2.79. The molecule has 0 fully saturated rings. The maximum Gasteiger partial charge on any atom is 0.234 e. The van der Waals surface area contributed by atoms with E-state index in [2.05, 4.69) is 15.6 Å². The van der Waals surface area contributed by atoms with Gasteiger partial charge in [0.1, 0.15) is 11.5 Å². The summed E-state index contributed by atoms with van der Waals surface area (Å²) in [6.45, 7) is 0. The highest BCUT2D eigenvalue weighted by Gasteiger charge is 2.10. The minimum Gasteiger partial charge on any atom is -0.457 e. The second-order valence-corrected chi connectivity index (χ2v) is 5.28. The standard InChI is InChI=1S/C18H18N4O2/c19-21-17(23)11-8-14-12-20-22-18(14)13-6-9-16(10-7-13)24-15-4-2-1-3-5-15/h1-7,9-10,12H,8,11,19H2,(H,20,22)(H,21,23). The van der Waals surface area contributed by atoms with Gasteiger partial charge in [0.05, 0.1) is 11.9 Å². The van der Waals surface area contributed by atoms with E-state index in [9.17, 15) is 4.79 Å². The van der Waals surface area contributed by atoms with Crippen molar-refractivity contribution in [2.24, 2.45) is 5.84 Å². The zero-order chi connectivity index (χ0) is 16.8. The zero-order valence-corrected chi connectivity index (χ0v) is 13.0. The summed E-state index contributed by atoms with van der Waals surface area (Å²) >= 11 is 0. The van der Waals surface area contributed by atoms with Crippen LogP contribution in [0.1, 0.15) is 12.0 Å². The third-order valence-electron chi connectivity index (χ3n) is 3.62. The van der Waals surface area contributed by atoms with Crippen molar-refractivity contribution in [2.45, 2.75) is 12.8 Å². The highest BCUT2D eigenvalue weighted by Crippen LogP contribution is 2.27. The molecule has 0 bridgehead atoms. The monoisotopic (exact) mass is 322 g/mol. The van der Waals surface area contributed by atoms with Gasteiger partial charge in [0.15, 0.2) is 0 Å². The topological polar surface area (TPSA) is 93.0 Å². The fourth-order valence-corrected chi connectivity index (χ4v) is 2.39. The first-order valence-corrected chi connectivity index (χ1v) is 7.61. The van der Waals surface area contributed by atoms with Crippen LogP contribution in [0.2, 0.25) is 0 Å². The molecule has 6 nitrogen and oxygen atoms in total. The Kier molecular flexibility index (Phi) is 4.88. The van der Waals surface area contributed by atoms with Crippen LogP contribution in [0.15, 0.2) is 60.8 Å². The molecule has 122 valence electrons. The molecule has 3 aromatic rings. The molecule has 0 atom stereocenters. The Morgan fingerprint density at radius 3 is 2.50 bits per heavy atom. The summed E-state index contributed by atoms with van der Waals surface area (Å²) in [5.41, 5.74) is 4.98. The summed E-state index contributed by atoms with van der Waals surface area (Å²) in [4.78, 5) is 11.3. The Morgan fingerprint density at radius 1 is 1.08 bits per heavy atom. The second-order valence-electron chi connectivity index (χ2n) is 5.28. The number of benzene rings is 2. The lowest BCUT2D eigenvalue weighted by molar-refractivity contribution is -0.121. The maximum atomic E-state index is 11.3. The number of aromatic nitrogens is 2. The van der Waals surface area contributed by atoms with E-state index in [1.807, 2.05) is 54.6 Å². The van der Waals surface area contributed by atoms with Gasteiger partial charge >= 0.3 is 0 Å². The van der Waals surface area contributed by atoms with Crippen LogP contribution in [0, 0.1) is 0 Å². The summed E-state index contributed by atoms with van der Waals surface area (Å²) in [5, 5.41) is 7.05. The van der Waals surface area contributed by atoms with Crippen LogP contribution in [0.3, 0.4) is 0 Å². The van der Waals surface area contributed by atoms with Crippen LogP contribution < -0.4 is 16.0 Å². The molecule has 6 heteroatoms. The minimum atomic E-state index is -0.200. The van der Waals surface area contributed by atoms with Crippen molar-refractivity contribution in [1.29, 1.82) is 0 Å².